The number of hydrogen-bond acceptors (Lipinski definition) is 7. The van der Waals surface area contributed by atoms with Gasteiger partial charge in [0.2, 0.25) is 0 Å². The zero-order chi connectivity index (χ0) is 15.3. The summed E-state index contributed by atoms with van der Waals surface area (Å²) in [5, 5.41) is 19.6. The molecular weight excluding hydrogens is 268 g/mol. The number of carbonyl (C=O) groups is 2. The monoisotopic (exact) mass is 284 g/mol. The van der Waals surface area contributed by atoms with Crippen LogP contribution in [0.15, 0.2) is 12.1 Å². The van der Waals surface area contributed by atoms with Crippen molar-refractivity contribution in [3.63, 3.8) is 0 Å². The van der Waals surface area contributed by atoms with Gasteiger partial charge in [0.05, 0.1) is 21.3 Å². The molecule has 0 saturated carbocycles. The van der Waals surface area contributed by atoms with Crippen LogP contribution in [0, 0.1) is 0 Å². The number of benzene rings is 1. The molecule has 0 aromatic heterocycles. The second-order valence-corrected chi connectivity index (χ2v) is 3.87. The van der Waals surface area contributed by atoms with Crippen molar-refractivity contribution in [2.75, 3.05) is 21.3 Å². The quantitative estimate of drug-likeness (QED) is 0.563. The van der Waals surface area contributed by atoms with Gasteiger partial charge in [-0.2, -0.15) is 0 Å². The number of aliphatic hydroxyl groups excluding tert-OH is 2. The van der Waals surface area contributed by atoms with Crippen molar-refractivity contribution in [1.82, 2.24) is 0 Å². The Kier molecular flexibility index (Phi) is 5.48. The molecule has 0 radical (unpaired) electrons. The molecule has 7 nitrogen and oxygen atoms in total. The highest BCUT2D eigenvalue weighted by atomic mass is 16.5. The largest absolute Gasteiger partial charge is 0.493 e. The van der Waals surface area contributed by atoms with E-state index in [1.54, 1.807) is 0 Å². The summed E-state index contributed by atoms with van der Waals surface area (Å²) in [5.74, 6) is -0.466. The number of hydrogen-bond donors (Lipinski definition) is 2. The van der Waals surface area contributed by atoms with E-state index in [2.05, 4.69) is 4.74 Å². The number of aldehydes is 1. The molecule has 2 atom stereocenters. The molecule has 0 amide bonds. The first kappa shape index (κ1) is 15.9. The van der Waals surface area contributed by atoms with E-state index in [0.717, 1.165) is 7.11 Å². The van der Waals surface area contributed by atoms with Gasteiger partial charge in [-0.05, 0) is 17.7 Å². The molecule has 2 N–H and O–H groups in total. The fourth-order valence-corrected chi connectivity index (χ4v) is 1.69. The lowest BCUT2D eigenvalue weighted by atomic mass is 9.98. The minimum absolute atomic E-state index is 0.0375. The maximum Gasteiger partial charge on any atom is 0.337 e. The van der Waals surface area contributed by atoms with Crippen LogP contribution in [0.3, 0.4) is 0 Å². The van der Waals surface area contributed by atoms with E-state index in [4.69, 9.17) is 9.47 Å². The fourth-order valence-electron chi connectivity index (χ4n) is 1.69. The molecule has 2 unspecified atom stereocenters. The van der Waals surface area contributed by atoms with Crippen LogP contribution < -0.4 is 9.47 Å². The zero-order valence-corrected chi connectivity index (χ0v) is 11.3. The third-order valence-corrected chi connectivity index (χ3v) is 2.78. The van der Waals surface area contributed by atoms with Crippen molar-refractivity contribution in [3.8, 4) is 11.5 Å². The molecule has 1 rings (SSSR count). The van der Waals surface area contributed by atoms with Crippen LogP contribution in [0.4, 0.5) is 0 Å². The summed E-state index contributed by atoms with van der Waals surface area (Å²) in [7, 11) is 3.85. The summed E-state index contributed by atoms with van der Waals surface area (Å²) in [6, 6.07) is 2.66. The topological polar surface area (TPSA) is 102 Å². The Morgan fingerprint density at radius 1 is 1.15 bits per heavy atom. The van der Waals surface area contributed by atoms with Gasteiger partial charge in [0, 0.05) is 5.56 Å². The molecule has 0 aliphatic rings. The standard InChI is InChI=1S/C13H16O7/c1-18-9-4-7(6-14)8(5-10(9)19-2)11(15)12(16)13(17)20-3/h4-6,11-12,15-16H,1-3H3. The van der Waals surface area contributed by atoms with Crippen LogP contribution in [0.2, 0.25) is 0 Å². The predicted molar refractivity (Wildman–Crippen MR) is 67.9 cm³/mol. The van der Waals surface area contributed by atoms with Crippen molar-refractivity contribution in [3.05, 3.63) is 23.3 Å². The molecule has 110 valence electrons. The average Bonchev–Trinajstić information content (AvgIpc) is 2.50. The van der Waals surface area contributed by atoms with Crippen molar-refractivity contribution in [2.45, 2.75) is 12.2 Å². The van der Waals surface area contributed by atoms with Crippen molar-refractivity contribution >= 4 is 12.3 Å². The Hall–Kier alpha value is -2.12. The van der Waals surface area contributed by atoms with E-state index in [1.807, 2.05) is 0 Å². The van der Waals surface area contributed by atoms with Gasteiger partial charge in [-0.1, -0.05) is 0 Å². The second kappa shape index (κ2) is 6.88. The van der Waals surface area contributed by atoms with Crippen LogP contribution in [0.1, 0.15) is 22.0 Å². The summed E-state index contributed by atoms with van der Waals surface area (Å²) in [6.45, 7) is 0. The van der Waals surface area contributed by atoms with Crippen molar-refractivity contribution < 1.29 is 34.0 Å². The maximum absolute atomic E-state index is 11.2. The van der Waals surface area contributed by atoms with Gasteiger partial charge < -0.3 is 24.4 Å². The lowest BCUT2D eigenvalue weighted by Crippen LogP contribution is -2.29. The lowest BCUT2D eigenvalue weighted by molar-refractivity contribution is -0.156. The molecule has 0 spiro atoms. The molecule has 1 aromatic rings. The number of ether oxygens (including phenoxy) is 3. The fraction of sp³-hybridized carbons (Fsp3) is 0.385. The molecule has 1 aromatic carbocycles. The van der Waals surface area contributed by atoms with Gasteiger partial charge in [-0.15, -0.1) is 0 Å². The zero-order valence-electron chi connectivity index (χ0n) is 11.3. The molecule has 20 heavy (non-hydrogen) atoms. The lowest BCUT2D eigenvalue weighted by Gasteiger charge is -2.19. The second-order valence-electron chi connectivity index (χ2n) is 3.87. The van der Waals surface area contributed by atoms with Crippen molar-refractivity contribution in [1.29, 1.82) is 0 Å². The van der Waals surface area contributed by atoms with E-state index in [1.165, 1.54) is 26.4 Å². The highest BCUT2D eigenvalue weighted by Crippen LogP contribution is 2.33. The van der Waals surface area contributed by atoms with E-state index in [9.17, 15) is 19.8 Å². The molecule has 0 fully saturated rings. The number of esters is 1. The first-order valence-electron chi connectivity index (χ1n) is 5.65. The molecule has 0 heterocycles. The summed E-state index contributed by atoms with van der Waals surface area (Å²) >= 11 is 0. The maximum atomic E-state index is 11.2. The normalized spacial score (nSPS) is 13.2. The number of carbonyl (C=O) groups excluding carboxylic acids is 2. The summed E-state index contributed by atoms with van der Waals surface area (Å²) in [5.41, 5.74) is 0.105. The first-order chi connectivity index (χ1) is 9.49. The van der Waals surface area contributed by atoms with E-state index < -0.39 is 18.2 Å². The predicted octanol–water partition coefficient (Wildman–Crippen LogP) is 0.0836. The Labute approximate surface area is 115 Å². The Morgan fingerprint density at radius 2 is 1.70 bits per heavy atom. The molecule has 0 aliphatic heterocycles. The molecule has 0 aliphatic carbocycles. The van der Waals surface area contributed by atoms with Crippen LogP contribution >= 0.6 is 0 Å². The van der Waals surface area contributed by atoms with Gasteiger partial charge in [0.1, 0.15) is 6.10 Å². The number of aliphatic hydroxyl groups is 2. The third kappa shape index (κ3) is 3.06. The molecule has 0 saturated heterocycles. The number of rotatable bonds is 6. The smallest absolute Gasteiger partial charge is 0.337 e. The Morgan fingerprint density at radius 3 is 2.15 bits per heavy atom. The van der Waals surface area contributed by atoms with Crippen molar-refractivity contribution in [2.24, 2.45) is 0 Å². The van der Waals surface area contributed by atoms with Crippen LogP contribution in [-0.2, 0) is 9.53 Å². The van der Waals surface area contributed by atoms with Gasteiger partial charge in [0.25, 0.3) is 0 Å². The van der Waals surface area contributed by atoms with Crippen LogP contribution in [0.5, 0.6) is 11.5 Å². The van der Waals surface area contributed by atoms with Crippen LogP contribution in [0.25, 0.3) is 0 Å². The number of methoxy groups -OCH3 is 3. The summed E-state index contributed by atoms with van der Waals surface area (Å²) < 4.78 is 14.4. The van der Waals surface area contributed by atoms with Gasteiger partial charge >= 0.3 is 5.97 Å². The van der Waals surface area contributed by atoms with Gasteiger partial charge in [-0.25, -0.2) is 4.79 Å². The molecular formula is C13H16O7. The summed E-state index contributed by atoms with van der Waals surface area (Å²) in [6.07, 6.45) is -2.95. The Bertz CT molecular complexity index is 498. The van der Waals surface area contributed by atoms with E-state index >= 15 is 0 Å². The van der Waals surface area contributed by atoms with Gasteiger partial charge in [0.15, 0.2) is 23.9 Å². The minimum Gasteiger partial charge on any atom is -0.493 e. The minimum atomic E-state index is -1.81. The van der Waals surface area contributed by atoms with Crippen LogP contribution in [-0.4, -0.2) is 49.9 Å². The molecule has 7 heteroatoms. The third-order valence-electron chi connectivity index (χ3n) is 2.78. The SMILES string of the molecule is COC(=O)C(O)C(O)c1cc(OC)c(OC)cc1C=O. The Balaban J connectivity index is 3.28. The highest BCUT2D eigenvalue weighted by molar-refractivity contribution is 5.81. The van der Waals surface area contributed by atoms with E-state index in [-0.39, 0.29) is 22.6 Å². The van der Waals surface area contributed by atoms with E-state index in [0.29, 0.717) is 6.29 Å². The van der Waals surface area contributed by atoms with Gasteiger partial charge in [-0.3, -0.25) is 4.79 Å². The highest BCUT2D eigenvalue weighted by Gasteiger charge is 2.29. The summed E-state index contributed by atoms with van der Waals surface area (Å²) in [4.78, 5) is 22.3. The molecule has 0 bridgehead atoms. The average molecular weight is 284 g/mol. The first-order valence-corrected chi connectivity index (χ1v) is 5.65.